The van der Waals surface area contributed by atoms with Gasteiger partial charge in [-0.15, -0.1) is 11.6 Å². The van der Waals surface area contributed by atoms with E-state index >= 15 is 0 Å². The SMILES string of the molecule is Cc1cc(C(=O)CCl)c(C)n1CCc1cccnc1. The number of hydrogen-bond donors (Lipinski definition) is 0. The van der Waals surface area contributed by atoms with E-state index in [2.05, 4.69) is 15.6 Å². The number of halogens is 1. The molecule has 0 unspecified atom stereocenters. The molecule has 0 aliphatic rings. The smallest absolute Gasteiger partial charge is 0.179 e. The number of hydrogen-bond acceptors (Lipinski definition) is 2. The molecule has 19 heavy (non-hydrogen) atoms. The summed E-state index contributed by atoms with van der Waals surface area (Å²) in [6, 6.07) is 5.92. The molecule has 0 saturated heterocycles. The van der Waals surface area contributed by atoms with Gasteiger partial charge in [-0.05, 0) is 38.0 Å². The molecule has 0 aromatic carbocycles. The Morgan fingerprint density at radius 3 is 2.84 bits per heavy atom. The average molecular weight is 277 g/mol. The van der Waals surface area contributed by atoms with Gasteiger partial charge in [0.25, 0.3) is 0 Å². The molecule has 100 valence electrons. The first kappa shape index (κ1) is 13.8. The number of carbonyl (C=O) groups is 1. The Morgan fingerprint density at radius 1 is 1.42 bits per heavy atom. The molecule has 0 bridgehead atoms. The number of carbonyl (C=O) groups excluding carboxylic acids is 1. The van der Waals surface area contributed by atoms with Crippen molar-refractivity contribution in [3.8, 4) is 0 Å². The van der Waals surface area contributed by atoms with Crippen LogP contribution in [0.4, 0.5) is 0 Å². The molecule has 0 aliphatic heterocycles. The topological polar surface area (TPSA) is 34.9 Å². The number of pyridine rings is 1. The van der Waals surface area contributed by atoms with E-state index < -0.39 is 0 Å². The van der Waals surface area contributed by atoms with E-state index in [1.54, 1.807) is 6.20 Å². The maximum Gasteiger partial charge on any atom is 0.179 e. The van der Waals surface area contributed by atoms with Gasteiger partial charge in [0, 0.05) is 35.9 Å². The quantitative estimate of drug-likeness (QED) is 0.621. The Balaban J connectivity index is 2.17. The summed E-state index contributed by atoms with van der Waals surface area (Å²) in [5.41, 5.74) is 4.01. The molecule has 0 N–H and O–H groups in total. The van der Waals surface area contributed by atoms with E-state index in [9.17, 15) is 4.79 Å². The lowest BCUT2D eigenvalue weighted by Gasteiger charge is -2.09. The van der Waals surface area contributed by atoms with Crippen molar-refractivity contribution in [3.63, 3.8) is 0 Å². The minimum atomic E-state index is -0.0117. The normalized spacial score (nSPS) is 10.7. The second-order valence-electron chi connectivity index (χ2n) is 4.60. The van der Waals surface area contributed by atoms with Gasteiger partial charge in [-0.1, -0.05) is 6.07 Å². The maximum absolute atomic E-state index is 11.7. The minimum Gasteiger partial charge on any atom is -0.348 e. The number of alkyl halides is 1. The first-order valence-electron chi connectivity index (χ1n) is 6.28. The predicted molar refractivity (Wildman–Crippen MR) is 76.9 cm³/mol. The second kappa shape index (κ2) is 6.02. The molecule has 2 aromatic rings. The third-order valence-corrected chi connectivity index (χ3v) is 3.59. The number of Topliss-reactive ketones (excluding diaryl/α,β-unsaturated/α-hetero) is 1. The molecule has 0 amide bonds. The fraction of sp³-hybridized carbons (Fsp3) is 0.333. The van der Waals surface area contributed by atoms with Crippen molar-refractivity contribution in [2.45, 2.75) is 26.8 Å². The molecule has 2 aromatic heterocycles. The fourth-order valence-corrected chi connectivity index (χ4v) is 2.43. The average Bonchev–Trinajstić information content (AvgIpc) is 2.72. The maximum atomic E-state index is 11.7. The molecule has 3 nitrogen and oxygen atoms in total. The molecule has 2 heterocycles. The van der Waals surface area contributed by atoms with Gasteiger partial charge < -0.3 is 4.57 Å². The molecule has 0 spiro atoms. The molecule has 2 rings (SSSR count). The number of nitrogens with zero attached hydrogens (tertiary/aromatic N) is 2. The van der Waals surface area contributed by atoms with Crippen molar-refractivity contribution in [1.29, 1.82) is 0 Å². The highest BCUT2D eigenvalue weighted by Crippen LogP contribution is 2.17. The standard InChI is InChI=1S/C15H17ClN2O/c1-11-8-14(15(19)9-16)12(2)18(11)7-5-13-4-3-6-17-10-13/h3-4,6,8,10H,5,7,9H2,1-2H3. The Hall–Kier alpha value is -1.61. The summed E-state index contributed by atoms with van der Waals surface area (Å²) in [6.07, 6.45) is 4.55. The minimum absolute atomic E-state index is 0.0117. The highest BCUT2D eigenvalue weighted by Gasteiger charge is 2.14. The van der Waals surface area contributed by atoms with E-state index in [0.717, 1.165) is 29.9 Å². The van der Waals surface area contributed by atoms with Crippen molar-refractivity contribution in [3.05, 3.63) is 53.1 Å². The van der Waals surface area contributed by atoms with Crippen molar-refractivity contribution < 1.29 is 4.79 Å². The van der Waals surface area contributed by atoms with E-state index in [4.69, 9.17) is 11.6 Å². The van der Waals surface area contributed by atoms with E-state index in [0.29, 0.717) is 0 Å². The summed E-state index contributed by atoms with van der Waals surface area (Å²) in [5, 5.41) is 0. The molecule has 0 fully saturated rings. The van der Waals surface area contributed by atoms with Crippen LogP contribution >= 0.6 is 11.6 Å². The van der Waals surface area contributed by atoms with Crippen molar-refractivity contribution in [2.24, 2.45) is 0 Å². The summed E-state index contributed by atoms with van der Waals surface area (Å²) in [6.45, 7) is 4.83. The predicted octanol–water partition coefficient (Wildman–Crippen LogP) is 3.16. The van der Waals surface area contributed by atoms with Gasteiger partial charge in [-0.25, -0.2) is 0 Å². The Bertz CT molecular complexity index is 575. The number of rotatable bonds is 5. The number of ketones is 1. The van der Waals surface area contributed by atoms with Gasteiger partial charge in [0.15, 0.2) is 5.78 Å². The van der Waals surface area contributed by atoms with Crippen LogP contribution < -0.4 is 0 Å². The highest BCUT2D eigenvalue weighted by molar-refractivity contribution is 6.30. The molecular formula is C15H17ClN2O. The van der Waals surface area contributed by atoms with Crippen molar-refractivity contribution in [1.82, 2.24) is 9.55 Å². The van der Waals surface area contributed by atoms with Gasteiger partial charge in [-0.3, -0.25) is 9.78 Å². The van der Waals surface area contributed by atoms with Crippen LogP contribution in [-0.2, 0) is 13.0 Å². The number of aryl methyl sites for hydroxylation is 2. The van der Waals surface area contributed by atoms with E-state index in [-0.39, 0.29) is 11.7 Å². The van der Waals surface area contributed by atoms with Crippen LogP contribution in [0.15, 0.2) is 30.6 Å². The zero-order chi connectivity index (χ0) is 13.8. The van der Waals surface area contributed by atoms with Gasteiger partial charge >= 0.3 is 0 Å². The second-order valence-corrected chi connectivity index (χ2v) is 4.87. The van der Waals surface area contributed by atoms with Gasteiger partial charge in [0.2, 0.25) is 0 Å². The molecule has 4 heteroatoms. The van der Waals surface area contributed by atoms with E-state index in [1.807, 2.05) is 32.2 Å². The largest absolute Gasteiger partial charge is 0.348 e. The lowest BCUT2D eigenvalue weighted by atomic mass is 10.2. The van der Waals surface area contributed by atoms with Crippen LogP contribution in [0, 0.1) is 13.8 Å². The molecule has 0 aliphatic carbocycles. The molecule has 0 saturated carbocycles. The third-order valence-electron chi connectivity index (χ3n) is 3.34. The molecular weight excluding hydrogens is 260 g/mol. The zero-order valence-corrected chi connectivity index (χ0v) is 11.9. The molecule has 0 atom stereocenters. The Kier molecular flexibility index (Phi) is 4.38. The number of aromatic nitrogens is 2. The zero-order valence-electron chi connectivity index (χ0n) is 11.2. The summed E-state index contributed by atoms with van der Waals surface area (Å²) < 4.78 is 2.16. The van der Waals surface area contributed by atoms with Crippen LogP contribution in [0.3, 0.4) is 0 Å². The van der Waals surface area contributed by atoms with Crippen molar-refractivity contribution >= 4 is 17.4 Å². The summed E-state index contributed by atoms with van der Waals surface area (Å²) >= 11 is 5.63. The summed E-state index contributed by atoms with van der Waals surface area (Å²) in [4.78, 5) is 15.8. The fourth-order valence-electron chi connectivity index (χ4n) is 2.29. The highest BCUT2D eigenvalue weighted by atomic mass is 35.5. The van der Waals surface area contributed by atoms with Gasteiger partial charge in [0.05, 0.1) is 5.88 Å². The van der Waals surface area contributed by atoms with Gasteiger partial charge in [-0.2, -0.15) is 0 Å². The molecule has 0 radical (unpaired) electrons. The summed E-state index contributed by atoms with van der Waals surface area (Å²) in [5.74, 6) is 0.0229. The van der Waals surface area contributed by atoms with Crippen molar-refractivity contribution in [2.75, 3.05) is 5.88 Å². The van der Waals surface area contributed by atoms with Crippen LogP contribution in [0.1, 0.15) is 27.3 Å². The lowest BCUT2D eigenvalue weighted by molar-refractivity contribution is 0.102. The van der Waals surface area contributed by atoms with Gasteiger partial charge in [0.1, 0.15) is 0 Å². The Morgan fingerprint density at radius 2 is 2.21 bits per heavy atom. The van der Waals surface area contributed by atoms with Crippen LogP contribution in [0.25, 0.3) is 0 Å². The third kappa shape index (κ3) is 3.04. The monoisotopic (exact) mass is 276 g/mol. The first-order chi connectivity index (χ1) is 9.13. The lowest BCUT2D eigenvalue weighted by Crippen LogP contribution is -2.07. The van der Waals surface area contributed by atoms with E-state index in [1.165, 1.54) is 5.56 Å². The first-order valence-corrected chi connectivity index (χ1v) is 6.81. The Labute approximate surface area is 118 Å². The van der Waals surface area contributed by atoms with Crippen LogP contribution in [0.5, 0.6) is 0 Å². The van der Waals surface area contributed by atoms with Crippen LogP contribution in [-0.4, -0.2) is 21.2 Å². The summed E-state index contributed by atoms with van der Waals surface area (Å²) in [7, 11) is 0. The van der Waals surface area contributed by atoms with Crippen LogP contribution in [0.2, 0.25) is 0 Å².